The number of anilines is 1. The summed E-state index contributed by atoms with van der Waals surface area (Å²) in [6.45, 7) is 2.88. The molecule has 21 heavy (non-hydrogen) atoms. The normalized spacial score (nSPS) is 13.4. The lowest BCUT2D eigenvalue weighted by Crippen LogP contribution is -2.31. The summed E-state index contributed by atoms with van der Waals surface area (Å²) in [6, 6.07) is 2.02. The van der Waals surface area contributed by atoms with Crippen LogP contribution in [0.2, 0.25) is 0 Å². The summed E-state index contributed by atoms with van der Waals surface area (Å²) < 4.78 is 0. The van der Waals surface area contributed by atoms with Crippen molar-refractivity contribution in [2.75, 3.05) is 18.4 Å². The molecule has 6 heteroatoms. The third-order valence-electron chi connectivity index (χ3n) is 3.55. The summed E-state index contributed by atoms with van der Waals surface area (Å²) in [5, 5.41) is 5.88. The molecule has 4 N–H and O–H groups in total. The minimum absolute atomic E-state index is 0.0507. The van der Waals surface area contributed by atoms with Crippen LogP contribution < -0.4 is 16.4 Å². The molecular weight excluding hydrogens is 284 g/mol. The number of aryl methyl sites for hydroxylation is 2. The highest BCUT2D eigenvalue weighted by Gasteiger charge is 2.16. The van der Waals surface area contributed by atoms with E-state index in [0.29, 0.717) is 17.4 Å². The van der Waals surface area contributed by atoms with E-state index in [-0.39, 0.29) is 12.5 Å². The second kappa shape index (κ2) is 7.36. The second-order valence-electron chi connectivity index (χ2n) is 5.27. The van der Waals surface area contributed by atoms with Crippen molar-refractivity contribution in [3.05, 3.63) is 22.9 Å². The monoisotopic (exact) mass is 306 g/mol. The predicted octanol–water partition coefficient (Wildman–Crippen LogP) is 1.53. The number of nitrogens with one attached hydrogen (secondary N) is 2. The molecule has 0 bridgehead atoms. The molecule has 0 spiro atoms. The molecule has 1 aromatic heterocycles. The quantitative estimate of drug-likeness (QED) is 0.695. The van der Waals surface area contributed by atoms with Crippen molar-refractivity contribution in [3.63, 3.8) is 0 Å². The first kappa shape index (κ1) is 15.7. The van der Waals surface area contributed by atoms with Gasteiger partial charge < -0.3 is 16.4 Å². The second-order valence-corrected chi connectivity index (χ2v) is 5.71. The van der Waals surface area contributed by atoms with Crippen molar-refractivity contribution in [2.45, 2.75) is 39.0 Å². The van der Waals surface area contributed by atoms with Crippen molar-refractivity contribution in [3.8, 4) is 0 Å². The number of carbonyl (C=O) groups is 1. The topological polar surface area (TPSA) is 80.0 Å². The lowest BCUT2D eigenvalue weighted by Gasteiger charge is -2.19. The van der Waals surface area contributed by atoms with Gasteiger partial charge in [-0.05, 0) is 43.7 Å². The number of rotatable bonds is 6. The molecule has 2 rings (SSSR count). The molecule has 1 aliphatic carbocycles. The van der Waals surface area contributed by atoms with Gasteiger partial charge in [-0.1, -0.05) is 19.1 Å². The molecule has 114 valence electrons. The lowest BCUT2D eigenvalue weighted by molar-refractivity contribution is -0.119. The number of nitrogens with zero attached hydrogens (tertiary/aromatic N) is 1. The molecule has 0 atom stereocenters. The van der Waals surface area contributed by atoms with Crippen molar-refractivity contribution in [1.29, 1.82) is 0 Å². The summed E-state index contributed by atoms with van der Waals surface area (Å²) in [6.07, 6.45) is 5.25. The van der Waals surface area contributed by atoms with Crippen molar-refractivity contribution in [2.24, 2.45) is 5.73 Å². The number of fused-ring (bicyclic) bond motifs is 1. The molecule has 0 radical (unpaired) electrons. The highest BCUT2D eigenvalue weighted by molar-refractivity contribution is 7.80. The number of carbonyl (C=O) groups excluding carboxylic acids is 1. The van der Waals surface area contributed by atoms with Gasteiger partial charge in [-0.15, -0.1) is 0 Å². The van der Waals surface area contributed by atoms with E-state index in [1.165, 1.54) is 12.0 Å². The zero-order chi connectivity index (χ0) is 15.2. The Balaban J connectivity index is 2.13. The van der Waals surface area contributed by atoms with E-state index in [1.807, 2.05) is 13.0 Å². The summed E-state index contributed by atoms with van der Waals surface area (Å²) in [7, 11) is 0. The first-order valence-corrected chi connectivity index (χ1v) is 7.85. The molecule has 0 aromatic carbocycles. The van der Waals surface area contributed by atoms with E-state index < -0.39 is 0 Å². The molecule has 0 unspecified atom stereocenters. The van der Waals surface area contributed by atoms with Gasteiger partial charge in [0.2, 0.25) is 5.91 Å². The fraction of sp³-hybridized carbons (Fsp3) is 0.533. The minimum atomic E-state index is -0.0507. The molecule has 1 aliphatic rings. The van der Waals surface area contributed by atoms with Crippen molar-refractivity contribution in [1.82, 2.24) is 10.3 Å². The fourth-order valence-electron chi connectivity index (χ4n) is 2.45. The Hall–Kier alpha value is -1.69. The third kappa shape index (κ3) is 4.14. The van der Waals surface area contributed by atoms with Crippen LogP contribution in [0.1, 0.15) is 43.0 Å². The number of hydrogen-bond donors (Lipinski definition) is 3. The number of pyridine rings is 1. The van der Waals surface area contributed by atoms with Crippen molar-refractivity contribution >= 4 is 28.9 Å². The van der Waals surface area contributed by atoms with Crippen LogP contribution >= 0.6 is 12.2 Å². The number of nitrogens with two attached hydrogens (primary N) is 1. The van der Waals surface area contributed by atoms with Crippen LogP contribution in [-0.2, 0) is 17.6 Å². The summed E-state index contributed by atoms with van der Waals surface area (Å²) in [5.74, 6) is 0.569. The van der Waals surface area contributed by atoms with Gasteiger partial charge in [-0.3, -0.25) is 4.79 Å². The zero-order valence-electron chi connectivity index (χ0n) is 12.4. The maximum absolute atomic E-state index is 11.7. The van der Waals surface area contributed by atoms with Crippen LogP contribution in [0.15, 0.2) is 6.07 Å². The van der Waals surface area contributed by atoms with Gasteiger partial charge in [0.15, 0.2) is 0 Å². The minimum Gasteiger partial charge on any atom is -0.389 e. The van der Waals surface area contributed by atoms with Gasteiger partial charge >= 0.3 is 0 Å². The van der Waals surface area contributed by atoms with E-state index in [4.69, 9.17) is 18.0 Å². The SMILES string of the molecule is CCCNC(=O)CNc1nc2c(cc1C(N)=S)CCCC2. The van der Waals surface area contributed by atoms with Crippen LogP contribution in [0.25, 0.3) is 0 Å². The lowest BCUT2D eigenvalue weighted by atomic mass is 9.94. The van der Waals surface area contributed by atoms with Gasteiger partial charge in [0.05, 0.1) is 12.1 Å². The van der Waals surface area contributed by atoms with Crippen LogP contribution in [0, 0.1) is 0 Å². The number of aromatic nitrogens is 1. The summed E-state index contributed by atoms with van der Waals surface area (Å²) >= 11 is 5.10. The van der Waals surface area contributed by atoms with Gasteiger partial charge in [-0.25, -0.2) is 4.98 Å². The van der Waals surface area contributed by atoms with E-state index in [0.717, 1.165) is 36.9 Å². The van der Waals surface area contributed by atoms with E-state index in [2.05, 4.69) is 15.6 Å². The van der Waals surface area contributed by atoms with Crippen LogP contribution in [0.3, 0.4) is 0 Å². The fourth-order valence-corrected chi connectivity index (χ4v) is 2.60. The molecule has 0 saturated carbocycles. The van der Waals surface area contributed by atoms with Gasteiger partial charge in [-0.2, -0.15) is 0 Å². The van der Waals surface area contributed by atoms with Crippen LogP contribution in [-0.4, -0.2) is 29.0 Å². The van der Waals surface area contributed by atoms with Gasteiger partial charge in [0, 0.05) is 12.2 Å². The van der Waals surface area contributed by atoms with Gasteiger partial charge in [0.1, 0.15) is 10.8 Å². The van der Waals surface area contributed by atoms with E-state index >= 15 is 0 Å². The molecule has 1 amide bonds. The third-order valence-corrected chi connectivity index (χ3v) is 3.77. The Bertz CT molecular complexity index is 545. The summed E-state index contributed by atoms with van der Waals surface area (Å²) in [4.78, 5) is 16.6. The maximum Gasteiger partial charge on any atom is 0.239 e. The predicted molar refractivity (Wildman–Crippen MR) is 88.6 cm³/mol. The number of amides is 1. The molecule has 1 heterocycles. The average molecular weight is 306 g/mol. The standard InChI is InChI=1S/C15H22N4OS/c1-2-7-17-13(20)9-18-15-11(14(16)21)8-10-5-3-4-6-12(10)19-15/h8H,2-7,9H2,1H3,(H2,16,21)(H,17,20)(H,18,19). The Morgan fingerprint density at radius 2 is 2.19 bits per heavy atom. The molecule has 0 fully saturated rings. The molecule has 0 aliphatic heterocycles. The first-order chi connectivity index (χ1) is 10.1. The molecule has 5 nitrogen and oxygen atoms in total. The van der Waals surface area contributed by atoms with E-state index in [9.17, 15) is 4.79 Å². The molecular formula is C15H22N4OS. The molecule has 1 aromatic rings. The maximum atomic E-state index is 11.7. The van der Waals surface area contributed by atoms with Crippen molar-refractivity contribution < 1.29 is 4.79 Å². The number of thiocarbonyl (C=S) groups is 1. The largest absolute Gasteiger partial charge is 0.389 e. The Labute approximate surface area is 130 Å². The Morgan fingerprint density at radius 1 is 1.43 bits per heavy atom. The zero-order valence-corrected chi connectivity index (χ0v) is 13.2. The van der Waals surface area contributed by atoms with E-state index in [1.54, 1.807) is 0 Å². The van der Waals surface area contributed by atoms with Crippen LogP contribution in [0.5, 0.6) is 0 Å². The van der Waals surface area contributed by atoms with Crippen LogP contribution in [0.4, 0.5) is 5.82 Å². The Kier molecular flexibility index (Phi) is 5.50. The molecule has 0 saturated heterocycles. The first-order valence-electron chi connectivity index (χ1n) is 7.45. The number of hydrogen-bond acceptors (Lipinski definition) is 4. The van der Waals surface area contributed by atoms with Gasteiger partial charge in [0.25, 0.3) is 0 Å². The smallest absolute Gasteiger partial charge is 0.239 e. The highest BCUT2D eigenvalue weighted by atomic mass is 32.1. The Morgan fingerprint density at radius 3 is 2.90 bits per heavy atom. The summed E-state index contributed by atoms with van der Waals surface area (Å²) in [5.41, 5.74) is 8.84. The average Bonchev–Trinajstić information content (AvgIpc) is 2.49. The highest BCUT2D eigenvalue weighted by Crippen LogP contribution is 2.24.